The molecule has 5 rings (SSSR count). The third-order valence-corrected chi connectivity index (χ3v) is 20.0. The quantitative estimate of drug-likeness (QED) is 0.324. The molecule has 1 saturated carbocycles. The van der Waals surface area contributed by atoms with Gasteiger partial charge in [-0.1, -0.05) is 327 Å². The first-order valence-electron chi connectivity index (χ1n) is 36.0. The summed E-state index contributed by atoms with van der Waals surface area (Å²) in [5, 5.41) is 3.96. The predicted octanol–water partition coefficient (Wildman–Crippen LogP) is 22.8. The summed E-state index contributed by atoms with van der Waals surface area (Å²) >= 11 is 0. The lowest BCUT2D eigenvalue weighted by Crippen LogP contribution is -2.59. The average molecular weight is 1110 g/mol. The molecule has 1 atom stereocenters. The van der Waals surface area contributed by atoms with E-state index in [-0.39, 0.29) is 11.9 Å². The first-order chi connectivity index (χ1) is 39.5. The zero-order valence-corrected chi connectivity index (χ0v) is 53.5. The van der Waals surface area contributed by atoms with E-state index in [9.17, 15) is 4.79 Å². The fourth-order valence-corrected chi connectivity index (χ4v) is 14.7. The van der Waals surface area contributed by atoms with Crippen molar-refractivity contribution in [2.24, 2.45) is 5.41 Å². The normalized spacial score (nSPS) is 25.5. The molecule has 5 nitrogen and oxygen atoms in total. The highest BCUT2D eigenvalue weighted by atomic mass is 16.5. The molecule has 458 valence electrons. The molecule has 2 aliphatic heterocycles. The molecule has 2 saturated heterocycles. The number of carbonyl (C=O) groups is 1. The smallest absolute Gasteiger partial charge is 0.253 e. The Morgan fingerprint density at radius 2 is 0.812 bits per heavy atom. The van der Waals surface area contributed by atoms with Crippen LogP contribution in [-0.2, 0) is 0 Å². The molecule has 80 heavy (non-hydrogen) atoms. The lowest BCUT2D eigenvalue weighted by molar-refractivity contribution is -0.0558. The van der Waals surface area contributed by atoms with E-state index < -0.39 is 0 Å². The standard InChI is InChI=1S/C75H131N3O2/c1-67(2)71-52-48-49-53-72(71)73-66-77(74(79)68-54-56-70(80-3)57-55-68)62-63-78(73)69-64-75(65-69)58-50-46-44-42-40-38-36-34-32-30-28-26-24-22-20-18-16-14-12-10-8-6-4-5-7-9-11-13-15-17-19-21-23-25-27-29-31-33-35-37-39-41-43-45-47-51-60-76-61-59-75/h48-49,52-57,67,69,73,76H,4-47,50-51,58-66H2,1-3H3. The number of ether oxygens (including phenoxy) is 1. The van der Waals surface area contributed by atoms with Crippen molar-refractivity contribution in [2.75, 3.05) is 39.8 Å². The van der Waals surface area contributed by atoms with Crippen molar-refractivity contribution in [1.82, 2.24) is 15.1 Å². The molecule has 3 fully saturated rings. The van der Waals surface area contributed by atoms with Gasteiger partial charge in [0.15, 0.2) is 0 Å². The van der Waals surface area contributed by atoms with Gasteiger partial charge < -0.3 is 15.0 Å². The second-order valence-electron chi connectivity index (χ2n) is 27.1. The van der Waals surface area contributed by atoms with Crippen molar-refractivity contribution in [3.8, 4) is 5.75 Å². The number of carbonyl (C=O) groups excluding carboxylic acids is 1. The van der Waals surface area contributed by atoms with Crippen LogP contribution in [0.3, 0.4) is 0 Å². The molecule has 1 N–H and O–H groups in total. The molecular weight excluding hydrogens is 975 g/mol. The van der Waals surface area contributed by atoms with Gasteiger partial charge in [-0.05, 0) is 91.9 Å². The van der Waals surface area contributed by atoms with E-state index in [0.29, 0.717) is 17.4 Å². The van der Waals surface area contributed by atoms with Crippen LogP contribution in [0, 0.1) is 5.41 Å². The third-order valence-electron chi connectivity index (χ3n) is 20.0. The highest BCUT2D eigenvalue weighted by Gasteiger charge is 2.48. The van der Waals surface area contributed by atoms with Crippen LogP contribution in [0.2, 0.25) is 0 Å². The van der Waals surface area contributed by atoms with Crippen molar-refractivity contribution in [1.29, 1.82) is 0 Å². The first-order valence-corrected chi connectivity index (χ1v) is 36.0. The van der Waals surface area contributed by atoms with Gasteiger partial charge in [-0.3, -0.25) is 9.69 Å². The molecule has 1 amide bonds. The number of hydrogen-bond donors (Lipinski definition) is 1. The minimum absolute atomic E-state index is 0.143. The van der Waals surface area contributed by atoms with Gasteiger partial charge in [-0.25, -0.2) is 0 Å². The van der Waals surface area contributed by atoms with E-state index in [1.807, 2.05) is 24.3 Å². The summed E-state index contributed by atoms with van der Waals surface area (Å²) in [6, 6.07) is 17.7. The fraction of sp³-hybridized carbons (Fsp3) is 0.827. The lowest BCUT2D eigenvalue weighted by atomic mass is 9.60. The van der Waals surface area contributed by atoms with E-state index in [4.69, 9.17) is 4.74 Å². The zero-order valence-electron chi connectivity index (χ0n) is 53.5. The van der Waals surface area contributed by atoms with E-state index in [0.717, 1.165) is 37.5 Å². The van der Waals surface area contributed by atoms with Gasteiger partial charge >= 0.3 is 0 Å². The summed E-state index contributed by atoms with van der Waals surface area (Å²) in [6.45, 7) is 9.49. The monoisotopic (exact) mass is 1110 g/mol. The van der Waals surface area contributed by atoms with Crippen LogP contribution in [0.1, 0.15) is 368 Å². The van der Waals surface area contributed by atoms with Crippen molar-refractivity contribution in [3.05, 3.63) is 65.2 Å². The van der Waals surface area contributed by atoms with E-state index in [2.05, 4.69) is 53.2 Å². The molecule has 2 aromatic rings. The molecule has 0 aromatic heterocycles. The summed E-state index contributed by atoms with van der Waals surface area (Å²) in [5.41, 5.74) is 4.06. The van der Waals surface area contributed by atoms with Gasteiger partial charge in [-0.2, -0.15) is 0 Å². The van der Waals surface area contributed by atoms with Crippen molar-refractivity contribution < 1.29 is 9.53 Å². The van der Waals surface area contributed by atoms with Crippen LogP contribution < -0.4 is 10.1 Å². The molecular formula is C75H131N3O2. The van der Waals surface area contributed by atoms with Crippen LogP contribution >= 0.6 is 0 Å². The number of nitrogens with zero attached hydrogens (tertiary/aromatic N) is 2. The van der Waals surface area contributed by atoms with Crippen LogP contribution in [0.5, 0.6) is 5.75 Å². The Morgan fingerprint density at radius 1 is 0.450 bits per heavy atom. The average Bonchev–Trinajstić information content (AvgIpc) is 3.50. The molecule has 0 radical (unpaired) electrons. The molecule has 5 heteroatoms. The Labute approximate surface area is 497 Å². The van der Waals surface area contributed by atoms with Crippen molar-refractivity contribution >= 4 is 5.91 Å². The Kier molecular flexibility index (Phi) is 38.5. The number of hydrogen-bond acceptors (Lipinski definition) is 4. The maximum atomic E-state index is 14.1. The predicted molar refractivity (Wildman–Crippen MR) is 349 cm³/mol. The topological polar surface area (TPSA) is 44.8 Å². The number of benzene rings is 2. The number of piperazine rings is 1. The number of nitrogens with one attached hydrogen (secondary N) is 1. The van der Waals surface area contributed by atoms with Crippen LogP contribution in [0.15, 0.2) is 48.5 Å². The molecule has 1 aliphatic carbocycles. The first kappa shape index (κ1) is 68.4. The maximum absolute atomic E-state index is 14.1. The van der Waals surface area contributed by atoms with Gasteiger partial charge in [0, 0.05) is 31.2 Å². The van der Waals surface area contributed by atoms with Crippen LogP contribution in [-0.4, -0.2) is 61.6 Å². The number of rotatable bonds is 5. The molecule has 1 spiro atoms. The highest BCUT2D eigenvalue weighted by molar-refractivity contribution is 5.94. The lowest BCUT2D eigenvalue weighted by Gasteiger charge is -2.56. The van der Waals surface area contributed by atoms with E-state index >= 15 is 0 Å². The minimum atomic E-state index is 0.143. The summed E-state index contributed by atoms with van der Waals surface area (Å²) in [5.74, 6) is 1.38. The van der Waals surface area contributed by atoms with Crippen molar-refractivity contribution in [2.45, 2.75) is 353 Å². The molecule has 2 heterocycles. The highest BCUT2D eigenvalue weighted by Crippen LogP contribution is 2.52. The minimum Gasteiger partial charge on any atom is -0.497 e. The molecule has 1 unspecified atom stereocenters. The largest absolute Gasteiger partial charge is 0.497 e. The maximum Gasteiger partial charge on any atom is 0.253 e. The van der Waals surface area contributed by atoms with Gasteiger partial charge in [0.25, 0.3) is 5.91 Å². The second-order valence-corrected chi connectivity index (χ2v) is 27.1. The van der Waals surface area contributed by atoms with Crippen LogP contribution in [0.25, 0.3) is 0 Å². The summed E-state index contributed by atoms with van der Waals surface area (Å²) in [4.78, 5) is 19.1. The third kappa shape index (κ3) is 29.4. The SMILES string of the molecule is COc1ccc(C(=O)N2CCN(C3CC4(CCCCCCCCCCCCCCCCCCCCCCCCCCCCCCCCCCCCCCCCCCCCCCCCNCC4)C3)C(c3ccccc3C(C)C)C2)cc1. The van der Waals surface area contributed by atoms with E-state index in [1.54, 1.807) is 7.11 Å². The van der Waals surface area contributed by atoms with Crippen molar-refractivity contribution in [3.63, 3.8) is 0 Å². The fourth-order valence-electron chi connectivity index (χ4n) is 14.7. The zero-order chi connectivity index (χ0) is 56.2. The van der Waals surface area contributed by atoms with Gasteiger partial charge in [0.1, 0.15) is 5.75 Å². The summed E-state index contributed by atoms with van der Waals surface area (Å²) < 4.78 is 5.42. The Bertz CT molecular complexity index is 1700. The Hall–Kier alpha value is -2.37. The van der Waals surface area contributed by atoms with Gasteiger partial charge in [-0.15, -0.1) is 0 Å². The molecule has 2 aromatic carbocycles. The molecule has 0 bridgehead atoms. The summed E-state index contributed by atoms with van der Waals surface area (Å²) in [6.07, 6.45) is 72.4. The Morgan fingerprint density at radius 3 is 1.19 bits per heavy atom. The number of methoxy groups -OCH3 is 1. The van der Waals surface area contributed by atoms with Gasteiger partial charge in [0.05, 0.1) is 13.2 Å². The molecule has 3 aliphatic rings. The van der Waals surface area contributed by atoms with Gasteiger partial charge in [0.2, 0.25) is 0 Å². The van der Waals surface area contributed by atoms with E-state index in [1.165, 1.54) is 339 Å². The van der Waals surface area contributed by atoms with Crippen LogP contribution in [0.4, 0.5) is 0 Å². The Balaban J connectivity index is 1.03. The number of amides is 1. The second kappa shape index (κ2) is 45.1. The summed E-state index contributed by atoms with van der Waals surface area (Å²) in [7, 11) is 1.69.